The van der Waals surface area contributed by atoms with Crippen molar-refractivity contribution >= 4 is 23.4 Å². The molecule has 0 aliphatic carbocycles. The Morgan fingerprint density at radius 2 is 2.06 bits per heavy atom. The molecule has 1 aromatic heterocycles. The topological polar surface area (TPSA) is 66.0 Å². The first-order valence-electron chi connectivity index (χ1n) is 4.81. The summed E-state index contributed by atoms with van der Waals surface area (Å²) in [5.74, 6) is 0.654. The summed E-state index contributed by atoms with van der Waals surface area (Å²) in [7, 11) is 0. The molecule has 0 aliphatic rings. The van der Waals surface area contributed by atoms with Gasteiger partial charge in [0.2, 0.25) is 5.88 Å². The number of aromatic amines is 1. The second-order valence-electron chi connectivity index (χ2n) is 3.29. The maximum Gasteiger partial charge on any atom is 0.254 e. The third kappa shape index (κ3) is 3.51. The number of aromatic nitrogens is 2. The minimum atomic E-state index is -0.357. The highest BCUT2D eigenvalue weighted by atomic mass is 35.5. The first-order chi connectivity index (χ1) is 8.13. The molecular weight excluding hydrogens is 260 g/mol. The second kappa shape index (κ2) is 5.25. The van der Waals surface area contributed by atoms with Crippen molar-refractivity contribution in [3.63, 3.8) is 0 Å². The van der Waals surface area contributed by atoms with E-state index in [1.165, 1.54) is 11.8 Å². The predicted molar refractivity (Wildman–Crippen MR) is 67.5 cm³/mol. The van der Waals surface area contributed by atoms with Crippen LogP contribution >= 0.6 is 23.4 Å². The predicted octanol–water partition coefficient (Wildman–Crippen LogP) is 2.42. The van der Waals surface area contributed by atoms with Crippen molar-refractivity contribution in [2.75, 3.05) is 0 Å². The van der Waals surface area contributed by atoms with E-state index in [4.69, 9.17) is 16.7 Å². The molecule has 0 unspecified atom stereocenters. The van der Waals surface area contributed by atoms with Gasteiger partial charge in [0.05, 0.1) is 11.8 Å². The van der Waals surface area contributed by atoms with Gasteiger partial charge in [-0.25, -0.2) is 0 Å². The Balaban J connectivity index is 2.07. The van der Waals surface area contributed by atoms with Gasteiger partial charge in [-0.15, -0.1) is 11.8 Å². The molecule has 0 amide bonds. The third-order valence-electron chi connectivity index (χ3n) is 1.97. The Labute approximate surface area is 107 Å². The molecule has 0 saturated heterocycles. The molecule has 0 bridgehead atoms. The van der Waals surface area contributed by atoms with Gasteiger partial charge in [-0.1, -0.05) is 11.6 Å². The van der Waals surface area contributed by atoms with Crippen LogP contribution in [0, 0.1) is 0 Å². The highest BCUT2D eigenvalue weighted by Crippen LogP contribution is 2.22. The van der Waals surface area contributed by atoms with Crippen LogP contribution in [0.1, 0.15) is 5.82 Å². The molecule has 88 valence electrons. The summed E-state index contributed by atoms with van der Waals surface area (Å²) in [6.45, 7) is 0. The number of benzene rings is 1. The van der Waals surface area contributed by atoms with Crippen LogP contribution in [0.3, 0.4) is 0 Å². The highest BCUT2D eigenvalue weighted by Gasteiger charge is 2.01. The molecule has 1 aromatic carbocycles. The fourth-order valence-electron chi connectivity index (χ4n) is 1.24. The lowest BCUT2D eigenvalue weighted by molar-refractivity contribution is 0.449. The zero-order valence-electron chi connectivity index (χ0n) is 8.68. The molecule has 2 N–H and O–H groups in total. The van der Waals surface area contributed by atoms with E-state index in [1.54, 1.807) is 12.1 Å². The molecule has 0 radical (unpaired) electrons. The summed E-state index contributed by atoms with van der Waals surface area (Å²) in [5, 5.41) is 9.85. The van der Waals surface area contributed by atoms with Crippen LogP contribution in [-0.4, -0.2) is 15.1 Å². The molecule has 0 atom stereocenters. The van der Waals surface area contributed by atoms with E-state index in [-0.39, 0.29) is 11.4 Å². The fraction of sp³-hybridized carbons (Fsp3) is 0.0909. The minimum Gasteiger partial charge on any atom is -0.493 e. The van der Waals surface area contributed by atoms with Gasteiger partial charge < -0.3 is 10.1 Å². The van der Waals surface area contributed by atoms with Gasteiger partial charge in [0.25, 0.3) is 5.56 Å². The van der Waals surface area contributed by atoms with Crippen molar-refractivity contribution in [3.05, 3.63) is 51.5 Å². The van der Waals surface area contributed by atoms with Gasteiger partial charge in [-0.05, 0) is 24.3 Å². The number of nitrogens with zero attached hydrogens (tertiary/aromatic N) is 1. The number of rotatable bonds is 3. The SMILES string of the molecule is O=c1cc(O)nc(CSc2ccc(Cl)cc2)[nH]1. The van der Waals surface area contributed by atoms with Gasteiger partial charge >= 0.3 is 0 Å². The van der Waals surface area contributed by atoms with E-state index in [2.05, 4.69) is 9.97 Å². The zero-order chi connectivity index (χ0) is 12.3. The zero-order valence-corrected chi connectivity index (χ0v) is 10.3. The first kappa shape index (κ1) is 12.0. The Bertz CT molecular complexity index is 568. The molecule has 0 aliphatic heterocycles. The van der Waals surface area contributed by atoms with Gasteiger partial charge in [-0.2, -0.15) is 4.98 Å². The summed E-state index contributed by atoms with van der Waals surface area (Å²) in [6, 6.07) is 8.39. The van der Waals surface area contributed by atoms with E-state index in [1.807, 2.05) is 12.1 Å². The normalized spacial score (nSPS) is 10.4. The fourth-order valence-corrected chi connectivity index (χ4v) is 2.14. The average Bonchev–Trinajstić information content (AvgIpc) is 2.27. The lowest BCUT2D eigenvalue weighted by Crippen LogP contribution is -2.08. The maximum atomic E-state index is 11.1. The van der Waals surface area contributed by atoms with Gasteiger partial charge in [0.15, 0.2) is 0 Å². The molecule has 17 heavy (non-hydrogen) atoms. The second-order valence-corrected chi connectivity index (χ2v) is 4.78. The summed E-state index contributed by atoms with van der Waals surface area (Å²) in [6.07, 6.45) is 0. The largest absolute Gasteiger partial charge is 0.493 e. The van der Waals surface area contributed by atoms with Gasteiger partial charge in [-0.3, -0.25) is 4.79 Å². The number of nitrogens with one attached hydrogen (secondary N) is 1. The smallest absolute Gasteiger partial charge is 0.254 e. The van der Waals surface area contributed by atoms with Crippen molar-refractivity contribution in [1.29, 1.82) is 0 Å². The molecular formula is C11H9ClN2O2S. The monoisotopic (exact) mass is 268 g/mol. The molecule has 0 saturated carbocycles. The van der Waals surface area contributed by atoms with Crippen molar-refractivity contribution in [2.24, 2.45) is 0 Å². The van der Waals surface area contributed by atoms with Crippen molar-refractivity contribution < 1.29 is 5.11 Å². The summed E-state index contributed by atoms with van der Waals surface area (Å²) in [4.78, 5) is 18.5. The molecule has 2 aromatic rings. The van der Waals surface area contributed by atoms with Crippen LogP contribution in [0.4, 0.5) is 0 Å². The van der Waals surface area contributed by atoms with E-state index < -0.39 is 0 Å². The van der Waals surface area contributed by atoms with Crippen molar-refractivity contribution in [1.82, 2.24) is 9.97 Å². The van der Waals surface area contributed by atoms with Crippen LogP contribution in [-0.2, 0) is 5.75 Å². The van der Waals surface area contributed by atoms with Gasteiger partial charge in [0, 0.05) is 9.92 Å². The average molecular weight is 269 g/mol. The molecule has 4 nitrogen and oxygen atoms in total. The van der Waals surface area contributed by atoms with Crippen LogP contribution < -0.4 is 5.56 Å². The van der Waals surface area contributed by atoms with Crippen LogP contribution in [0.2, 0.25) is 5.02 Å². The summed E-state index contributed by atoms with van der Waals surface area (Å²) >= 11 is 7.27. The maximum absolute atomic E-state index is 11.1. The van der Waals surface area contributed by atoms with Crippen LogP contribution in [0.15, 0.2) is 40.0 Å². The van der Waals surface area contributed by atoms with E-state index >= 15 is 0 Å². The molecule has 2 rings (SSSR count). The van der Waals surface area contributed by atoms with E-state index in [9.17, 15) is 4.79 Å². The number of hydrogen-bond acceptors (Lipinski definition) is 4. The lowest BCUT2D eigenvalue weighted by atomic mass is 10.4. The minimum absolute atomic E-state index is 0.263. The highest BCUT2D eigenvalue weighted by molar-refractivity contribution is 7.98. The molecule has 0 fully saturated rings. The third-order valence-corrected chi connectivity index (χ3v) is 3.24. The summed E-state index contributed by atoms with van der Waals surface area (Å²) < 4.78 is 0. The van der Waals surface area contributed by atoms with Crippen LogP contribution in [0.25, 0.3) is 0 Å². The molecule has 6 heteroatoms. The molecule has 1 heterocycles. The lowest BCUT2D eigenvalue weighted by Gasteiger charge is -2.01. The Kier molecular flexibility index (Phi) is 3.71. The number of H-pyrrole nitrogens is 1. The van der Waals surface area contributed by atoms with Crippen molar-refractivity contribution in [2.45, 2.75) is 10.6 Å². The Morgan fingerprint density at radius 3 is 2.71 bits per heavy atom. The van der Waals surface area contributed by atoms with Crippen molar-refractivity contribution in [3.8, 4) is 5.88 Å². The van der Waals surface area contributed by atoms with E-state index in [0.717, 1.165) is 11.0 Å². The number of hydrogen-bond donors (Lipinski definition) is 2. The number of halogens is 1. The first-order valence-corrected chi connectivity index (χ1v) is 6.17. The Morgan fingerprint density at radius 1 is 1.35 bits per heavy atom. The van der Waals surface area contributed by atoms with Crippen LogP contribution in [0.5, 0.6) is 5.88 Å². The quantitative estimate of drug-likeness (QED) is 0.839. The summed E-state index contributed by atoms with van der Waals surface area (Å²) in [5.41, 5.74) is -0.357. The number of aromatic hydroxyl groups is 1. The van der Waals surface area contributed by atoms with E-state index in [0.29, 0.717) is 16.6 Å². The molecule has 0 spiro atoms. The standard InChI is InChI=1S/C11H9ClN2O2S/c12-7-1-3-8(4-2-7)17-6-9-13-10(15)5-11(16)14-9/h1-5H,6H2,(H2,13,14,15,16). The van der Waals surface area contributed by atoms with Gasteiger partial charge in [0.1, 0.15) is 5.82 Å². The number of thioether (sulfide) groups is 1. The Hall–Kier alpha value is -1.46.